The predicted octanol–water partition coefficient (Wildman–Crippen LogP) is 3.02. The molecule has 2 N–H and O–H groups in total. The first-order chi connectivity index (χ1) is 8.61. The van der Waals surface area contributed by atoms with Gasteiger partial charge in [0, 0.05) is 0 Å². The van der Waals surface area contributed by atoms with Crippen molar-refractivity contribution in [1.29, 1.82) is 0 Å². The van der Waals surface area contributed by atoms with Gasteiger partial charge in [-0.1, -0.05) is 18.2 Å². The zero-order chi connectivity index (χ0) is 13.1. The van der Waals surface area contributed by atoms with Crippen molar-refractivity contribution in [3.8, 4) is 5.75 Å². The topological polar surface area (TPSA) is 35.2 Å². The molecule has 0 aliphatic rings. The molecule has 0 amide bonds. The van der Waals surface area contributed by atoms with E-state index in [-0.39, 0.29) is 11.6 Å². The van der Waals surface area contributed by atoms with Gasteiger partial charge < -0.3 is 10.5 Å². The lowest BCUT2D eigenvalue weighted by Gasteiger charge is -2.13. The van der Waals surface area contributed by atoms with Crippen molar-refractivity contribution in [3.05, 3.63) is 65.2 Å². The lowest BCUT2D eigenvalue weighted by molar-refractivity contribution is 0.386. The smallest absolute Gasteiger partial charge is 0.165 e. The molecule has 0 aliphatic heterocycles. The highest BCUT2D eigenvalue weighted by Crippen LogP contribution is 2.24. The van der Waals surface area contributed by atoms with Crippen LogP contribution in [-0.4, -0.2) is 7.11 Å². The van der Waals surface area contributed by atoms with E-state index in [1.807, 2.05) is 0 Å². The molecule has 2 aromatic carbocycles. The molecular weight excluding hydrogens is 236 g/mol. The molecule has 0 fully saturated rings. The third-order valence-electron chi connectivity index (χ3n) is 2.76. The van der Waals surface area contributed by atoms with Crippen LogP contribution in [0, 0.1) is 11.6 Å². The number of benzene rings is 2. The summed E-state index contributed by atoms with van der Waals surface area (Å²) in [7, 11) is 1.40. The van der Waals surface area contributed by atoms with Gasteiger partial charge in [0.15, 0.2) is 11.6 Å². The number of rotatable bonds is 3. The van der Waals surface area contributed by atoms with Gasteiger partial charge in [-0.2, -0.15) is 0 Å². The van der Waals surface area contributed by atoms with E-state index in [0.29, 0.717) is 5.56 Å². The molecule has 0 heterocycles. The van der Waals surface area contributed by atoms with Crippen molar-refractivity contribution in [2.24, 2.45) is 5.73 Å². The molecule has 0 aromatic heterocycles. The molecule has 2 aromatic rings. The molecule has 1 unspecified atom stereocenters. The summed E-state index contributed by atoms with van der Waals surface area (Å²) >= 11 is 0. The Labute approximate surface area is 104 Å². The second-order valence-corrected chi connectivity index (χ2v) is 3.92. The molecular formula is C14H13F2NO. The standard InChI is InChI=1S/C14H13F2NO/c1-18-13-7-4-10(8-12(13)16)14(17)9-2-5-11(15)6-3-9/h2-8,14H,17H2,1H3. The molecule has 2 nitrogen and oxygen atoms in total. The molecule has 1 atom stereocenters. The molecule has 0 saturated carbocycles. The predicted molar refractivity (Wildman–Crippen MR) is 65.4 cm³/mol. The fourth-order valence-corrected chi connectivity index (χ4v) is 1.74. The number of methoxy groups -OCH3 is 1. The van der Waals surface area contributed by atoms with Crippen molar-refractivity contribution in [2.75, 3.05) is 7.11 Å². The Balaban J connectivity index is 2.31. The number of hydrogen-bond acceptors (Lipinski definition) is 2. The quantitative estimate of drug-likeness (QED) is 0.907. The summed E-state index contributed by atoms with van der Waals surface area (Å²) in [5, 5.41) is 0. The minimum Gasteiger partial charge on any atom is -0.494 e. The minimum absolute atomic E-state index is 0.171. The van der Waals surface area contributed by atoms with Gasteiger partial charge in [0.25, 0.3) is 0 Å². The Morgan fingerprint density at radius 3 is 2.17 bits per heavy atom. The highest BCUT2D eigenvalue weighted by molar-refractivity contribution is 5.36. The van der Waals surface area contributed by atoms with E-state index in [9.17, 15) is 8.78 Å². The van der Waals surface area contributed by atoms with Crippen molar-refractivity contribution in [1.82, 2.24) is 0 Å². The Hall–Kier alpha value is -1.94. The van der Waals surface area contributed by atoms with E-state index < -0.39 is 11.9 Å². The molecule has 0 radical (unpaired) electrons. The normalized spacial score (nSPS) is 12.2. The molecule has 94 valence electrons. The molecule has 0 aliphatic carbocycles. The highest BCUT2D eigenvalue weighted by atomic mass is 19.1. The first-order valence-electron chi connectivity index (χ1n) is 5.46. The molecule has 18 heavy (non-hydrogen) atoms. The monoisotopic (exact) mass is 249 g/mol. The van der Waals surface area contributed by atoms with E-state index in [2.05, 4.69) is 0 Å². The van der Waals surface area contributed by atoms with Crippen molar-refractivity contribution >= 4 is 0 Å². The van der Waals surface area contributed by atoms with Gasteiger partial charge in [-0.15, -0.1) is 0 Å². The van der Waals surface area contributed by atoms with Crippen LogP contribution in [0.2, 0.25) is 0 Å². The van der Waals surface area contributed by atoms with E-state index in [1.165, 1.54) is 31.4 Å². The zero-order valence-corrected chi connectivity index (χ0v) is 9.86. The largest absolute Gasteiger partial charge is 0.494 e. The van der Waals surface area contributed by atoms with Crippen LogP contribution in [0.15, 0.2) is 42.5 Å². The summed E-state index contributed by atoms with van der Waals surface area (Å²) in [6, 6.07) is 9.87. The maximum absolute atomic E-state index is 13.6. The summed E-state index contributed by atoms with van der Waals surface area (Å²) < 4.78 is 31.2. The van der Waals surface area contributed by atoms with Crippen molar-refractivity contribution in [3.63, 3.8) is 0 Å². The van der Waals surface area contributed by atoms with Gasteiger partial charge in [-0.05, 0) is 35.4 Å². The van der Waals surface area contributed by atoms with E-state index in [4.69, 9.17) is 10.5 Å². The minimum atomic E-state index is -0.494. The van der Waals surface area contributed by atoms with Crippen LogP contribution in [0.25, 0.3) is 0 Å². The molecule has 4 heteroatoms. The maximum Gasteiger partial charge on any atom is 0.165 e. The average molecular weight is 249 g/mol. The van der Waals surface area contributed by atoms with E-state index >= 15 is 0 Å². The van der Waals surface area contributed by atoms with Gasteiger partial charge in [0.1, 0.15) is 5.82 Å². The summed E-state index contributed by atoms with van der Waals surface area (Å²) in [6.45, 7) is 0. The number of hydrogen-bond donors (Lipinski definition) is 1. The van der Waals surface area contributed by atoms with Crippen LogP contribution in [0.5, 0.6) is 5.75 Å². The van der Waals surface area contributed by atoms with Crippen LogP contribution in [0.4, 0.5) is 8.78 Å². The van der Waals surface area contributed by atoms with Crippen LogP contribution < -0.4 is 10.5 Å². The van der Waals surface area contributed by atoms with E-state index in [0.717, 1.165) is 5.56 Å². The van der Waals surface area contributed by atoms with E-state index in [1.54, 1.807) is 18.2 Å². The van der Waals surface area contributed by atoms with Crippen LogP contribution in [0.1, 0.15) is 17.2 Å². The summed E-state index contributed by atoms with van der Waals surface area (Å²) in [5.74, 6) is -0.621. The third-order valence-corrected chi connectivity index (χ3v) is 2.76. The van der Waals surface area contributed by atoms with Gasteiger partial charge >= 0.3 is 0 Å². The number of nitrogens with two attached hydrogens (primary N) is 1. The lowest BCUT2D eigenvalue weighted by atomic mass is 9.99. The molecule has 0 bridgehead atoms. The van der Waals surface area contributed by atoms with Gasteiger partial charge in [-0.3, -0.25) is 0 Å². The third kappa shape index (κ3) is 2.49. The highest BCUT2D eigenvalue weighted by Gasteiger charge is 2.12. The summed E-state index contributed by atoms with van der Waals surface area (Å²) in [6.07, 6.45) is 0. The number of halogens is 2. The Morgan fingerprint density at radius 1 is 1.00 bits per heavy atom. The molecule has 2 rings (SSSR count). The Morgan fingerprint density at radius 2 is 1.61 bits per heavy atom. The fourth-order valence-electron chi connectivity index (χ4n) is 1.74. The summed E-state index contributed by atoms with van der Waals surface area (Å²) in [4.78, 5) is 0. The first-order valence-corrected chi connectivity index (χ1v) is 5.46. The zero-order valence-electron chi connectivity index (χ0n) is 9.86. The van der Waals surface area contributed by atoms with Crippen molar-refractivity contribution in [2.45, 2.75) is 6.04 Å². The Bertz CT molecular complexity index is 540. The second kappa shape index (κ2) is 5.14. The average Bonchev–Trinajstić information content (AvgIpc) is 2.38. The van der Waals surface area contributed by atoms with Gasteiger partial charge in [0.2, 0.25) is 0 Å². The molecule has 0 saturated heterocycles. The van der Waals surface area contributed by atoms with Crippen LogP contribution >= 0.6 is 0 Å². The van der Waals surface area contributed by atoms with Crippen LogP contribution in [-0.2, 0) is 0 Å². The first kappa shape index (κ1) is 12.5. The Kier molecular flexibility index (Phi) is 3.58. The number of ether oxygens (including phenoxy) is 1. The SMILES string of the molecule is COc1ccc(C(N)c2ccc(F)cc2)cc1F. The van der Waals surface area contributed by atoms with Crippen LogP contribution in [0.3, 0.4) is 0 Å². The molecule has 0 spiro atoms. The fraction of sp³-hybridized carbons (Fsp3) is 0.143. The maximum atomic E-state index is 13.6. The second-order valence-electron chi connectivity index (χ2n) is 3.92. The van der Waals surface area contributed by atoms with Crippen molar-refractivity contribution < 1.29 is 13.5 Å². The van der Waals surface area contributed by atoms with Gasteiger partial charge in [0.05, 0.1) is 13.2 Å². The lowest BCUT2D eigenvalue weighted by Crippen LogP contribution is -2.12. The van der Waals surface area contributed by atoms with Gasteiger partial charge in [-0.25, -0.2) is 8.78 Å². The summed E-state index contributed by atoms with van der Waals surface area (Å²) in [5.41, 5.74) is 7.33.